The van der Waals surface area contributed by atoms with Gasteiger partial charge in [-0.2, -0.15) is 5.26 Å². The summed E-state index contributed by atoms with van der Waals surface area (Å²) in [5.74, 6) is -7.13. The molecule has 2 rings (SSSR count). The van der Waals surface area contributed by atoms with Crippen molar-refractivity contribution >= 4 is 11.9 Å². The summed E-state index contributed by atoms with van der Waals surface area (Å²) in [6.07, 6.45) is -3.94. The normalized spacial score (nSPS) is 17.6. The van der Waals surface area contributed by atoms with E-state index in [-0.39, 0.29) is 11.3 Å². The Morgan fingerprint density at radius 2 is 2.05 bits per heavy atom. The number of primary amides is 1. The average molecular weight is 298 g/mol. The fourth-order valence-electron chi connectivity index (χ4n) is 2.00. The summed E-state index contributed by atoms with van der Waals surface area (Å²) < 4.78 is 34.6. The average Bonchev–Trinajstić information content (AvgIpc) is 2.68. The highest BCUT2D eigenvalue weighted by Crippen LogP contribution is 2.46. The fraction of sp³-hybridized carbons (Fsp3) is 0.250. The first-order valence-electron chi connectivity index (χ1n) is 5.57. The number of carboxylic acids is 1. The molecule has 110 valence electrons. The van der Waals surface area contributed by atoms with Gasteiger partial charge < -0.3 is 20.3 Å². The summed E-state index contributed by atoms with van der Waals surface area (Å²) in [6.45, 7) is 0. The number of carbonyl (C=O) groups is 2. The number of halogens is 2. The first-order valence-corrected chi connectivity index (χ1v) is 5.57. The maximum atomic E-state index is 13.1. The van der Waals surface area contributed by atoms with E-state index in [2.05, 4.69) is 9.47 Å². The second kappa shape index (κ2) is 4.90. The number of nitrogens with zero attached hydrogens (tertiary/aromatic N) is 1. The third-order valence-electron chi connectivity index (χ3n) is 2.84. The van der Waals surface area contributed by atoms with Gasteiger partial charge in [0.15, 0.2) is 17.4 Å². The zero-order valence-corrected chi connectivity index (χ0v) is 10.2. The van der Waals surface area contributed by atoms with Crippen LogP contribution in [0.1, 0.15) is 11.5 Å². The minimum absolute atomic E-state index is 0.244. The van der Waals surface area contributed by atoms with E-state index in [1.807, 2.05) is 0 Å². The van der Waals surface area contributed by atoms with Gasteiger partial charge in [0.1, 0.15) is 0 Å². The first-order chi connectivity index (χ1) is 9.76. The largest absolute Gasteiger partial charge is 0.586 e. The molecule has 0 bridgehead atoms. The molecule has 1 aromatic rings. The molecule has 1 aliphatic heterocycles. The molecule has 1 aromatic carbocycles. The number of carboxylic acid groups (broad SMARTS) is 1. The van der Waals surface area contributed by atoms with Gasteiger partial charge in [-0.25, -0.2) is 0 Å². The highest BCUT2D eigenvalue weighted by molar-refractivity contribution is 5.90. The van der Waals surface area contributed by atoms with E-state index in [1.165, 1.54) is 18.2 Å². The maximum Gasteiger partial charge on any atom is 0.586 e. The van der Waals surface area contributed by atoms with Gasteiger partial charge in [-0.05, 0) is 6.07 Å². The lowest BCUT2D eigenvalue weighted by Gasteiger charge is -2.17. The van der Waals surface area contributed by atoms with Crippen LogP contribution >= 0.6 is 0 Å². The van der Waals surface area contributed by atoms with E-state index in [1.54, 1.807) is 0 Å². The van der Waals surface area contributed by atoms with Gasteiger partial charge in [-0.15, -0.1) is 8.78 Å². The Bertz CT molecular complexity index is 656. The molecular weight excluding hydrogens is 290 g/mol. The van der Waals surface area contributed by atoms with Crippen molar-refractivity contribution < 1.29 is 33.0 Å². The number of alkyl halides is 2. The first kappa shape index (κ1) is 14.5. The summed E-state index contributed by atoms with van der Waals surface area (Å²) in [4.78, 5) is 22.5. The number of hydrogen-bond acceptors (Lipinski definition) is 5. The number of ether oxygens (including phenoxy) is 2. The zero-order chi connectivity index (χ0) is 15.8. The molecule has 0 radical (unpaired) electrons. The summed E-state index contributed by atoms with van der Waals surface area (Å²) in [7, 11) is 0. The Labute approximate surface area is 116 Å². The van der Waals surface area contributed by atoms with Crippen LogP contribution in [0, 0.1) is 17.2 Å². The Morgan fingerprint density at radius 1 is 1.38 bits per heavy atom. The summed E-state index contributed by atoms with van der Waals surface area (Å²) >= 11 is 0. The molecule has 7 nitrogen and oxygen atoms in total. The topological polar surface area (TPSA) is 123 Å². The van der Waals surface area contributed by atoms with E-state index in [0.717, 1.165) is 6.07 Å². The number of nitriles is 1. The standard InChI is InChI=1S/C12H8F2N2O5/c13-12(14)20-7-3-1-2-5(9(7)21-12)8(10(16)17)6(4-15)11(18)19/h1-3,6,8H,(H2,16,17)(H,18,19). The van der Waals surface area contributed by atoms with Gasteiger partial charge in [-0.1, -0.05) is 12.1 Å². The molecule has 2 unspecified atom stereocenters. The van der Waals surface area contributed by atoms with Crippen LogP contribution in [0.4, 0.5) is 8.78 Å². The predicted molar refractivity (Wildman–Crippen MR) is 61.3 cm³/mol. The summed E-state index contributed by atoms with van der Waals surface area (Å²) in [6, 6.07) is 4.99. The highest BCUT2D eigenvalue weighted by Gasteiger charge is 2.47. The number of para-hydroxylation sites is 1. The van der Waals surface area contributed by atoms with Gasteiger partial charge in [0.05, 0.1) is 12.0 Å². The van der Waals surface area contributed by atoms with Crippen molar-refractivity contribution in [1.82, 2.24) is 0 Å². The molecule has 0 aromatic heterocycles. The summed E-state index contributed by atoms with van der Waals surface area (Å²) in [5.41, 5.74) is 4.86. The van der Waals surface area contributed by atoms with Crippen LogP contribution in [0.25, 0.3) is 0 Å². The van der Waals surface area contributed by atoms with Gasteiger partial charge in [-0.3, -0.25) is 9.59 Å². The Balaban J connectivity index is 2.55. The molecule has 3 N–H and O–H groups in total. The number of fused-ring (bicyclic) bond motifs is 1. The van der Waals surface area contributed by atoms with Crippen molar-refractivity contribution in [3.05, 3.63) is 23.8 Å². The Kier molecular flexibility index (Phi) is 3.39. The van der Waals surface area contributed by atoms with Gasteiger partial charge in [0.2, 0.25) is 5.91 Å². The zero-order valence-electron chi connectivity index (χ0n) is 10.2. The fourth-order valence-corrected chi connectivity index (χ4v) is 2.00. The minimum atomic E-state index is -3.94. The minimum Gasteiger partial charge on any atom is -0.480 e. The maximum absolute atomic E-state index is 13.1. The molecule has 1 heterocycles. The van der Waals surface area contributed by atoms with Crippen molar-refractivity contribution in [2.45, 2.75) is 12.2 Å². The smallest absolute Gasteiger partial charge is 0.480 e. The SMILES string of the molecule is N#CC(C(=O)O)C(C(N)=O)c1cccc2c1OC(F)(F)O2. The lowest BCUT2D eigenvalue weighted by Crippen LogP contribution is -2.32. The highest BCUT2D eigenvalue weighted by atomic mass is 19.3. The predicted octanol–water partition coefficient (Wildman–Crippen LogP) is 0.801. The van der Waals surface area contributed by atoms with E-state index >= 15 is 0 Å². The van der Waals surface area contributed by atoms with Crippen LogP contribution in [-0.2, 0) is 9.59 Å². The molecule has 0 fully saturated rings. The van der Waals surface area contributed by atoms with Crippen molar-refractivity contribution in [2.75, 3.05) is 0 Å². The molecule has 0 spiro atoms. The van der Waals surface area contributed by atoms with E-state index in [9.17, 15) is 18.4 Å². The number of benzene rings is 1. The van der Waals surface area contributed by atoms with Crippen molar-refractivity contribution in [1.29, 1.82) is 5.26 Å². The molecule has 21 heavy (non-hydrogen) atoms. The molecule has 0 aliphatic carbocycles. The molecule has 1 aliphatic rings. The van der Waals surface area contributed by atoms with Crippen molar-refractivity contribution in [2.24, 2.45) is 11.7 Å². The molecular formula is C12H8F2N2O5. The van der Waals surface area contributed by atoms with Crippen molar-refractivity contribution in [3.8, 4) is 17.6 Å². The monoisotopic (exact) mass is 298 g/mol. The number of hydrogen-bond donors (Lipinski definition) is 2. The Hall–Kier alpha value is -2.89. The second-order valence-corrected chi connectivity index (χ2v) is 4.17. The number of rotatable bonds is 4. The van der Waals surface area contributed by atoms with Crippen LogP contribution in [-0.4, -0.2) is 23.3 Å². The molecule has 9 heteroatoms. The molecule has 0 saturated heterocycles. The lowest BCUT2D eigenvalue weighted by atomic mass is 9.85. The van der Waals surface area contributed by atoms with Crippen LogP contribution in [0.2, 0.25) is 0 Å². The summed E-state index contributed by atoms with van der Waals surface area (Å²) in [5, 5.41) is 17.8. The van der Waals surface area contributed by atoms with E-state index < -0.39 is 35.8 Å². The molecule has 0 saturated carbocycles. The van der Waals surface area contributed by atoms with E-state index in [4.69, 9.17) is 16.1 Å². The Morgan fingerprint density at radius 3 is 2.57 bits per heavy atom. The number of carbonyl (C=O) groups excluding carboxylic acids is 1. The van der Waals surface area contributed by atoms with E-state index in [0.29, 0.717) is 0 Å². The van der Waals surface area contributed by atoms with Gasteiger partial charge in [0, 0.05) is 5.56 Å². The quantitative estimate of drug-likeness (QED) is 0.847. The number of aliphatic carboxylic acids is 1. The van der Waals surface area contributed by atoms with Crippen molar-refractivity contribution in [3.63, 3.8) is 0 Å². The molecule has 1 amide bonds. The lowest BCUT2D eigenvalue weighted by molar-refractivity contribution is -0.287. The number of nitrogens with two attached hydrogens (primary N) is 1. The molecule has 2 atom stereocenters. The van der Waals surface area contributed by atoms with Gasteiger partial charge in [0.25, 0.3) is 0 Å². The van der Waals surface area contributed by atoms with Crippen LogP contribution in [0.5, 0.6) is 11.5 Å². The third kappa shape index (κ3) is 2.55. The van der Waals surface area contributed by atoms with Crippen LogP contribution in [0.15, 0.2) is 18.2 Å². The second-order valence-electron chi connectivity index (χ2n) is 4.17. The van der Waals surface area contributed by atoms with Crippen LogP contribution < -0.4 is 15.2 Å². The van der Waals surface area contributed by atoms with Gasteiger partial charge >= 0.3 is 12.3 Å². The number of amides is 1. The third-order valence-corrected chi connectivity index (χ3v) is 2.84. The van der Waals surface area contributed by atoms with Crippen LogP contribution in [0.3, 0.4) is 0 Å².